The van der Waals surface area contributed by atoms with Crippen molar-refractivity contribution >= 4 is 22.8 Å². The normalized spacial score (nSPS) is 14.5. The largest absolute Gasteiger partial charge is 0.489 e. The number of carbonyl (C=O) groups is 1. The SMILES string of the molecule is COC(=O)c1ccc(/C=C(/CNCCN2CCCC2)COc2cccc3ccccc23)cc1. The summed E-state index contributed by atoms with van der Waals surface area (Å²) in [4.78, 5) is 14.2. The molecule has 4 rings (SSSR count). The Hall–Kier alpha value is -3.15. The minimum absolute atomic E-state index is 0.325. The first kappa shape index (κ1) is 23.0. The van der Waals surface area contributed by atoms with Crippen LogP contribution in [0.3, 0.4) is 0 Å². The molecule has 1 fully saturated rings. The van der Waals surface area contributed by atoms with Gasteiger partial charge in [-0.25, -0.2) is 4.79 Å². The van der Waals surface area contributed by atoms with E-state index < -0.39 is 0 Å². The minimum Gasteiger partial charge on any atom is -0.489 e. The number of hydrogen-bond acceptors (Lipinski definition) is 5. The molecule has 0 unspecified atom stereocenters. The summed E-state index contributed by atoms with van der Waals surface area (Å²) in [6.45, 7) is 5.68. The molecule has 0 aliphatic carbocycles. The predicted octanol–water partition coefficient (Wildman–Crippen LogP) is 4.77. The smallest absolute Gasteiger partial charge is 0.337 e. The fraction of sp³-hybridized carbons (Fsp3) is 0.321. The average Bonchev–Trinajstić information content (AvgIpc) is 3.38. The number of esters is 1. The van der Waals surface area contributed by atoms with Crippen LogP contribution in [0, 0.1) is 0 Å². The number of benzene rings is 3. The van der Waals surface area contributed by atoms with Gasteiger partial charge in [0.05, 0.1) is 12.7 Å². The summed E-state index contributed by atoms with van der Waals surface area (Å²) in [6.07, 6.45) is 4.76. The van der Waals surface area contributed by atoms with Crippen LogP contribution in [0.25, 0.3) is 16.8 Å². The topological polar surface area (TPSA) is 50.8 Å². The van der Waals surface area contributed by atoms with E-state index in [1.165, 1.54) is 38.4 Å². The van der Waals surface area contributed by atoms with E-state index in [-0.39, 0.29) is 5.97 Å². The van der Waals surface area contributed by atoms with Crippen molar-refractivity contribution in [1.29, 1.82) is 0 Å². The summed E-state index contributed by atoms with van der Waals surface area (Å²) in [5.41, 5.74) is 2.72. The van der Waals surface area contributed by atoms with Gasteiger partial charge in [-0.1, -0.05) is 54.6 Å². The Kier molecular flexibility index (Phi) is 8.12. The van der Waals surface area contributed by atoms with Crippen molar-refractivity contribution in [2.45, 2.75) is 12.8 Å². The van der Waals surface area contributed by atoms with Crippen molar-refractivity contribution in [3.05, 3.63) is 83.4 Å². The maximum Gasteiger partial charge on any atom is 0.337 e. The molecule has 1 N–H and O–H groups in total. The van der Waals surface area contributed by atoms with E-state index >= 15 is 0 Å². The molecule has 5 heteroatoms. The van der Waals surface area contributed by atoms with Crippen LogP contribution in [0.2, 0.25) is 0 Å². The van der Waals surface area contributed by atoms with Gasteiger partial charge in [-0.2, -0.15) is 0 Å². The highest BCUT2D eigenvalue weighted by atomic mass is 16.5. The lowest BCUT2D eigenvalue weighted by Gasteiger charge is -2.16. The molecule has 3 aromatic carbocycles. The molecule has 0 spiro atoms. The van der Waals surface area contributed by atoms with Gasteiger partial charge < -0.3 is 19.7 Å². The maximum absolute atomic E-state index is 11.7. The van der Waals surface area contributed by atoms with Gasteiger partial charge in [0.2, 0.25) is 0 Å². The monoisotopic (exact) mass is 444 g/mol. The first-order valence-corrected chi connectivity index (χ1v) is 11.6. The first-order valence-electron chi connectivity index (χ1n) is 11.6. The van der Waals surface area contributed by atoms with Gasteiger partial charge in [0.1, 0.15) is 12.4 Å². The number of methoxy groups -OCH3 is 1. The van der Waals surface area contributed by atoms with Gasteiger partial charge in [-0.3, -0.25) is 0 Å². The summed E-state index contributed by atoms with van der Waals surface area (Å²) in [5, 5.41) is 5.86. The van der Waals surface area contributed by atoms with Crippen LogP contribution >= 0.6 is 0 Å². The number of likely N-dealkylation sites (tertiary alicyclic amines) is 1. The third kappa shape index (κ3) is 6.44. The van der Waals surface area contributed by atoms with Gasteiger partial charge in [-0.15, -0.1) is 0 Å². The fourth-order valence-corrected chi connectivity index (χ4v) is 4.20. The molecule has 0 aromatic heterocycles. The number of hydrogen-bond donors (Lipinski definition) is 1. The third-order valence-electron chi connectivity index (χ3n) is 6.02. The fourth-order valence-electron chi connectivity index (χ4n) is 4.20. The predicted molar refractivity (Wildman–Crippen MR) is 134 cm³/mol. The molecule has 1 heterocycles. The molecule has 1 aliphatic heterocycles. The molecule has 0 radical (unpaired) electrons. The Morgan fingerprint density at radius 1 is 1.00 bits per heavy atom. The van der Waals surface area contributed by atoms with Crippen LogP contribution < -0.4 is 10.1 Å². The number of fused-ring (bicyclic) bond motifs is 1. The van der Waals surface area contributed by atoms with Gasteiger partial charge in [-0.05, 0) is 60.7 Å². The highest BCUT2D eigenvalue weighted by Gasteiger charge is 2.11. The second-order valence-corrected chi connectivity index (χ2v) is 8.41. The Bertz CT molecular complexity index is 1080. The number of rotatable bonds is 10. The highest BCUT2D eigenvalue weighted by molar-refractivity contribution is 5.89. The highest BCUT2D eigenvalue weighted by Crippen LogP contribution is 2.25. The van der Waals surface area contributed by atoms with Crippen LogP contribution in [-0.2, 0) is 4.74 Å². The van der Waals surface area contributed by atoms with Crippen molar-refractivity contribution in [2.24, 2.45) is 0 Å². The first-order chi connectivity index (χ1) is 16.2. The number of nitrogens with zero attached hydrogens (tertiary/aromatic N) is 1. The number of nitrogens with one attached hydrogen (secondary N) is 1. The molecule has 3 aromatic rings. The van der Waals surface area contributed by atoms with E-state index in [2.05, 4.69) is 34.5 Å². The van der Waals surface area contributed by atoms with E-state index in [4.69, 9.17) is 9.47 Å². The molecule has 5 nitrogen and oxygen atoms in total. The van der Waals surface area contributed by atoms with Crippen LogP contribution in [0.5, 0.6) is 5.75 Å². The third-order valence-corrected chi connectivity index (χ3v) is 6.02. The van der Waals surface area contributed by atoms with E-state index in [0.717, 1.165) is 41.9 Å². The molecule has 0 bridgehead atoms. The van der Waals surface area contributed by atoms with E-state index in [1.807, 2.05) is 36.4 Å². The van der Waals surface area contributed by atoms with Crippen molar-refractivity contribution in [3.8, 4) is 5.75 Å². The number of carbonyl (C=O) groups excluding carboxylic acids is 1. The lowest BCUT2D eigenvalue weighted by molar-refractivity contribution is 0.0600. The van der Waals surface area contributed by atoms with Crippen LogP contribution in [0.4, 0.5) is 0 Å². The van der Waals surface area contributed by atoms with Crippen LogP contribution in [0.15, 0.2) is 72.3 Å². The van der Waals surface area contributed by atoms with Gasteiger partial charge in [0.15, 0.2) is 0 Å². The second kappa shape index (κ2) is 11.6. The minimum atomic E-state index is -0.325. The van der Waals surface area contributed by atoms with E-state index in [9.17, 15) is 4.79 Å². The summed E-state index contributed by atoms with van der Waals surface area (Å²) in [7, 11) is 1.40. The lowest BCUT2D eigenvalue weighted by atomic mass is 10.1. The Labute approximate surface area is 196 Å². The Morgan fingerprint density at radius 2 is 1.76 bits per heavy atom. The molecule has 0 amide bonds. The summed E-state index contributed by atoms with van der Waals surface area (Å²) >= 11 is 0. The maximum atomic E-state index is 11.7. The van der Waals surface area contributed by atoms with Crippen LogP contribution in [0.1, 0.15) is 28.8 Å². The van der Waals surface area contributed by atoms with Crippen molar-refractivity contribution < 1.29 is 14.3 Å². The zero-order valence-electron chi connectivity index (χ0n) is 19.3. The summed E-state index contributed by atoms with van der Waals surface area (Å²) < 4.78 is 11.1. The molecular weight excluding hydrogens is 412 g/mol. The second-order valence-electron chi connectivity index (χ2n) is 8.41. The average molecular weight is 445 g/mol. The number of ether oxygens (including phenoxy) is 2. The zero-order valence-corrected chi connectivity index (χ0v) is 19.3. The lowest BCUT2D eigenvalue weighted by Crippen LogP contribution is -2.31. The summed E-state index contributed by atoms with van der Waals surface area (Å²) in [6, 6.07) is 21.9. The van der Waals surface area contributed by atoms with Crippen molar-refractivity contribution in [1.82, 2.24) is 10.2 Å². The molecular formula is C28H32N2O3. The summed E-state index contributed by atoms with van der Waals surface area (Å²) in [5.74, 6) is 0.561. The van der Waals surface area contributed by atoms with E-state index in [0.29, 0.717) is 12.2 Å². The molecule has 0 saturated carbocycles. The molecule has 0 atom stereocenters. The standard InChI is InChI=1S/C28H32N2O3/c1-32-28(31)25-13-11-22(12-14-25)19-23(20-29-15-18-30-16-4-5-17-30)21-33-27-10-6-8-24-7-2-3-9-26(24)27/h2-3,6-14,19,29H,4-5,15-18,20-21H2,1H3/b23-19-. The van der Waals surface area contributed by atoms with Crippen molar-refractivity contribution in [2.75, 3.05) is 46.4 Å². The van der Waals surface area contributed by atoms with Crippen molar-refractivity contribution in [3.63, 3.8) is 0 Å². The van der Waals surface area contributed by atoms with Gasteiger partial charge in [0, 0.05) is 25.0 Å². The Morgan fingerprint density at radius 3 is 2.55 bits per heavy atom. The molecule has 172 valence electrons. The Balaban J connectivity index is 1.45. The quantitative estimate of drug-likeness (QED) is 0.360. The van der Waals surface area contributed by atoms with E-state index in [1.54, 1.807) is 12.1 Å². The van der Waals surface area contributed by atoms with Gasteiger partial charge >= 0.3 is 5.97 Å². The molecule has 33 heavy (non-hydrogen) atoms. The molecule has 1 saturated heterocycles. The molecule has 1 aliphatic rings. The van der Waals surface area contributed by atoms with Crippen LogP contribution in [-0.4, -0.2) is 57.3 Å². The van der Waals surface area contributed by atoms with Gasteiger partial charge in [0.25, 0.3) is 0 Å². The zero-order chi connectivity index (χ0) is 22.9.